The molecule has 0 atom stereocenters. The number of esters is 1. The van der Waals surface area contributed by atoms with Crippen molar-refractivity contribution in [2.75, 3.05) is 17.7 Å². The number of benzene rings is 1. The number of thiazole rings is 1. The summed E-state index contributed by atoms with van der Waals surface area (Å²) < 4.78 is 4.86. The number of nitrogens with zero attached hydrogens (tertiary/aromatic N) is 1. The maximum atomic E-state index is 12.1. The summed E-state index contributed by atoms with van der Waals surface area (Å²) in [5, 5.41) is 4.62. The van der Waals surface area contributed by atoms with Gasteiger partial charge in [0.2, 0.25) is 0 Å². The second-order valence-electron chi connectivity index (χ2n) is 4.17. The maximum Gasteiger partial charge on any atom is 0.357 e. The minimum Gasteiger partial charge on any atom is -0.461 e. The van der Waals surface area contributed by atoms with Gasteiger partial charge >= 0.3 is 5.97 Å². The number of aromatic nitrogens is 1. The zero-order chi connectivity index (χ0) is 15.9. The molecular formula is C15H16N2O3S2. The van der Waals surface area contributed by atoms with E-state index in [-0.39, 0.29) is 11.6 Å². The Morgan fingerprint density at radius 2 is 2.00 bits per heavy atom. The van der Waals surface area contributed by atoms with Crippen LogP contribution in [0.15, 0.2) is 34.5 Å². The Hall–Kier alpha value is -1.86. The zero-order valence-electron chi connectivity index (χ0n) is 12.3. The molecule has 7 heteroatoms. The Bertz CT molecular complexity index is 653. The van der Waals surface area contributed by atoms with Crippen molar-refractivity contribution in [3.8, 4) is 0 Å². The molecule has 0 bridgehead atoms. The number of anilines is 1. The van der Waals surface area contributed by atoms with E-state index in [1.165, 1.54) is 11.3 Å². The fourth-order valence-electron chi connectivity index (χ4n) is 1.67. The van der Waals surface area contributed by atoms with Gasteiger partial charge in [0.15, 0.2) is 10.8 Å². The maximum absolute atomic E-state index is 12.1. The average molecular weight is 336 g/mol. The van der Waals surface area contributed by atoms with Gasteiger partial charge in [-0.1, -0.05) is 6.92 Å². The summed E-state index contributed by atoms with van der Waals surface area (Å²) in [4.78, 5) is 28.8. The number of nitrogens with one attached hydrogen (secondary N) is 1. The summed E-state index contributed by atoms with van der Waals surface area (Å²) in [6.45, 7) is 4.10. The van der Waals surface area contributed by atoms with Crippen LogP contribution in [-0.4, -0.2) is 29.2 Å². The largest absolute Gasteiger partial charge is 0.461 e. The van der Waals surface area contributed by atoms with Crippen LogP contribution in [0, 0.1) is 0 Å². The van der Waals surface area contributed by atoms with Gasteiger partial charge in [-0.3, -0.25) is 10.1 Å². The van der Waals surface area contributed by atoms with Crippen molar-refractivity contribution in [2.45, 2.75) is 18.7 Å². The first-order chi connectivity index (χ1) is 10.6. The number of hydrogen-bond acceptors (Lipinski definition) is 6. The first-order valence-electron chi connectivity index (χ1n) is 6.81. The fourth-order valence-corrected chi connectivity index (χ4v) is 3.01. The first-order valence-corrected chi connectivity index (χ1v) is 8.67. The molecule has 1 aromatic carbocycles. The Morgan fingerprint density at radius 3 is 2.64 bits per heavy atom. The minimum absolute atomic E-state index is 0.205. The van der Waals surface area contributed by atoms with E-state index in [1.54, 1.807) is 36.2 Å². The molecule has 22 heavy (non-hydrogen) atoms. The van der Waals surface area contributed by atoms with Gasteiger partial charge in [0.25, 0.3) is 5.91 Å². The van der Waals surface area contributed by atoms with E-state index >= 15 is 0 Å². The highest BCUT2D eigenvalue weighted by Crippen LogP contribution is 2.20. The van der Waals surface area contributed by atoms with Crippen LogP contribution < -0.4 is 5.32 Å². The van der Waals surface area contributed by atoms with Gasteiger partial charge in [-0.05, 0) is 36.9 Å². The van der Waals surface area contributed by atoms with Gasteiger partial charge in [-0.15, -0.1) is 23.1 Å². The van der Waals surface area contributed by atoms with Crippen LogP contribution in [0.25, 0.3) is 0 Å². The number of thioether (sulfide) groups is 1. The molecule has 116 valence electrons. The van der Waals surface area contributed by atoms with Gasteiger partial charge < -0.3 is 4.74 Å². The van der Waals surface area contributed by atoms with E-state index in [0.717, 1.165) is 10.6 Å². The van der Waals surface area contributed by atoms with Crippen LogP contribution in [0.4, 0.5) is 5.13 Å². The molecular weight excluding hydrogens is 320 g/mol. The summed E-state index contributed by atoms with van der Waals surface area (Å²) in [7, 11) is 0. The summed E-state index contributed by atoms with van der Waals surface area (Å²) >= 11 is 2.91. The van der Waals surface area contributed by atoms with Gasteiger partial charge in [0.05, 0.1) is 6.61 Å². The highest BCUT2D eigenvalue weighted by Gasteiger charge is 2.14. The normalized spacial score (nSPS) is 10.3. The van der Waals surface area contributed by atoms with E-state index in [0.29, 0.717) is 17.3 Å². The lowest BCUT2D eigenvalue weighted by molar-refractivity contribution is 0.0520. The molecule has 0 radical (unpaired) electrons. The van der Waals surface area contributed by atoms with Gasteiger partial charge in [0, 0.05) is 15.8 Å². The van der Waals surface area contributed by atoms with Crippen LogP contribution in [0.5, 0.6) is 0 Å². The van der Waals surface area contributed by atoms with Crippen molar-refractivity contribution in [3.05, 3.63) is 40.9 Å². The molecule has 2 aromatic rings. The van der Waals surface area contributed by atoms with Gasteiger partial charge in [-0.25, -0.2) is 9.78 Å². The van der Waals surface area contributed by atoms with Crippen molar-refractivity contribution in [2.24, 2.45) is 0 Å². The van der Waals surface area contributed by atoms with E-state index in [4.69, 9.17) is 4.74 Å². The van der Waals surface area contributed by atoms with E-state index in [2.05, 4.69) is 17.2 Å². The van der Waals surface area contributed by atoms with Crippen molar-refractivity contribution in [1.82, 2.24) is 4.98 Å². The Kier molecular flexibility index (Phi) is 5.97. The second kappa shape index (κ2) is 7.95. The van der Waals surface area contributed by atoms with Crippen LogP contribution in [0.3, 0.4) is 0 Å². The Labute approximate surface area is 137 Å². The van der Waals surface area contributed by atoms with Gasteiger partial charge in [0.1, 0.15) is 0 Å². The summed E-state index contributed by atoms with van der Waals surface area (Å²) in [5.74, 6) is 0.249. The first kappa shape index (κ1) is 16.5. The molecule has 0 aliphatic heterocycles. The summed E-state index contributed by atoms with van der Waals surface area (Å²) in [6, 6.07) is 7.37. The van der Waals surface area contributed by atoms with Gasteiger partial charge in [-0.2, -0.15) is 0 Å². The van der Waals surface area contributed by atoms with Crippen LogP contribution >= 0.6 is 23.1 Å². The summed E-state index contributed by atoms with van der Waals surface area (Å²) in [6.07, 6.45) is 0. The molecule has 1 N–H and O–H groups in total. The lowest BCUT2D eigenvalue weighted by Gasteiger charge is -2.03. The number of ether oxygens (including phenoxy) is 1. The molecule has 5 nitrogen and oxygen atoms in total. The van der Waals surface area contributed by atoms with E-state index < -0.39 is 5.97 Å². The van der Waals surface area contributed by atoms with Crippen LogP contribution in [0.1, 0.15) is 34.7 Å². The molecule has 0 saturated heterocycles. The molecule has 0 unspecified atom stereocenters. The quantitative estimate of drug-likeness (QED) is 0.644. The monoisotopic (exact) mass is 336 g/mol. The molecule has 0 fully saturated rings. The predicted molar refractivity (Wildman–Crippen MR) is 88.9 cm³/mol. The SMILES string of the molecule is CCOC(=O)c1csc(NC(=O)c2ccc(SCC)cc2)n1. The number of carbonyl (C=O) groups excluding carboxylic acids is 2. The third-order valence-electron chi connectivity index (χ3n) is 2.64. The van der Waals surface area contributed by atoms with E-state index in [9.17, 15) is 9.59 Å². The molecule has 1 heterocycles. The standard InChI is InChI=1S/C15H16N2O3S2/c1-3-20-14(19)12-9-22-15(16-12)17-13(18)10-5-7-11(8-6-10)21-4-2/h5-9H,3-4H2,1-2H3,(H,16,17,18). The van der Waals surface area contributed by atoms with Crippen molar-refractivity contribution in [1.29, 1.82) is 0 Å². The lowest BCUT2D eigenvalue weighted by atomic mass is 10.2. The molecule has 0 aliphatic rings. The van der Waals surface area contributed by atoms with Crippen molar-refractivity contribution in [3.63, 3.8) is 0 Å². The second-order valence-corrected chi connectivity index (χ2v) is 6.37. The highest BCUT2D eigenvalue weighted by atomic mass is 32.2. The number of rotatable bonds is 6. The highest BCUT2D eigenvalue weighted by molar-refractivity contribution is 7.99. The fraction of sp³-hybridized carbons (Fsp3) is 0.267. The molecule has 1 aromatic heterocycles. The zero-order valence-corrected chi connectivity index (χ0v) is 13.9. The minimum atomic E-state index is -0.486. The molecule has 0 spiro atoms. The topological polar surface area (TPSA) is 68.3 Å². The molecule has 1 amide bonds. The van der Waals surface area contributed by atoms with Crippen LogP contribution in [-0.2, 0) is 4.74 Å². The predicted octanol–water partition coefficient (Wildman–Crippen LogP) is 3.68. The van der Waals surface area contributed by atoms with E-state index in [1.807, 2.05) is 12.1 Å². The lowest BCUT2D eigenvalue weighted by Crippen LogP contribution is -2.12. The molecule has 0 saturated carbocycles. The third-order valence-corrected chi connectivity index (χ3v) is 4.29. The molecule has 2 rings (SSSR count). The number of carbonyl (C=O) groups is 2. The Balaban J connectivity index is 2.01. The average Bonchev–Trinajstić information content (AvgIpc) is 2.97. The third kappa shape index (κ3) is 4.32. The number of hydrogen-bond donors (Lipinski definition) is 1. The molecule has 0 aliphatic carbocycles. The van der Waals surface area contributed by atoms with Crippen LogP contribution in [0.2, 0.25) is 0 Å². The number of amides is 1. The van der Waals surface area contributed by atoms with Crippen molar-refractivity contribution >= 4 is 40.1 Å². The Morgan fingerprint density at radius 1 is 1.27 bits per heavy atom. The summed E-state index contributed by atoms with van der Waals surface area (Å²) in [5.41, 5.74) is 0.755. The van der Waals surface area contributed by atoms with Crippen molar-refractivity contribution < 1.29 is 14.3 Å². The smallest absolute Gasteiger partial charge is 0.357 e.